The Morgan fingerprint density at radius 1 is 1.31 bits per heavy atom. The van der Waals surface area contributed by atoms with Gasteiger partial charge in [0.15, 0.2) is 29.1 Å². The number of carbonyl (C=O) groups is 3. The fourth-order valence-electron chi connectivity index (χ4n) is 3.81. The van der Waals surface area contributed by atoms with Gasteiger partial charge >= 0.3 is 20.0 Å². The minimum Gasteiger partial charge on any atom is -0.442 e. The van der Waals surface area contributed by atoms with Gasteiger partial charge in [0.1, 0.15) is 18.1 Å². The van der Waals surface area contributed by atoms with E-state index in [1.165, 1.54) is 13.8 Å². The summed E-state index contributed by atoms with van der Waals surface area (Å²) in [7, 11) is -5.02. The number of rotatable bonds is 8. The molecule has 0 aliphatic carbocycles. The monoisotopic (exact) mass is 574 g/mol. The summed E-state index contributed by atoms with van der Waals surface area (Å²) in [5.74, 6) is -4.91. The lowest BCUT2D eigenvalue weighted by Gasteiger charge is -2.27. The fraction of sp³-hybridized carbons (Fsp3) is 0.364. The van der Waals surface area contributed by atoms with Gasteiger partial charge in [-0.25, -0.2) is 32.0 Å². The van der Waals surface area contributed by atoms with Crippen LogP contribution in [0.5, 0.6) is 0 Å². The van der Waals surface area contributed by atoms with E-state index in [4.69, 9.17) is 9.47 Å². The number of nitrogens with zero attached hydrogens (tertiary/aromatic N) is 4. The van der Waals surface area contributed by atoms with Crippen molar-refractivity contribution in [3.8, 4) is 0 Å². The maximum atomic E-state index is 15.1. The number of carbonyl (C=O) groups excluding carboxylic acids is 3. The molecule has 39 heavy (non-hydrogen) atoms. The summed E-state index contributed by atoms with van der Waals surface area (Å²) < 4.78 is 77.5. The van der Waals surface area contributed by atoms with E-state index < -0.39 is 74.1 Å². The summed E-state index contributed by atoms with van der Waals surface area (Å²) in [6, 6.07) is 1.75. The van der Waals surface area contributed by atoms with Gasteiger partial charge in [0, 0.05) is 31.3 Å². The van der Waals surface area contributed by atoms with E-state index in [0.29, 0.717) is 15.6 Å². The number of hydrogen-bond acceptors (Lipinski definition) is 10. The number of anilines is 3. The van der Waals surface area contributed by atoms with Crippen LogP contribution in [0.25, 0.3) is 0 Å². The zero-order chi connectivity index (χ0) is 28.5. The van der Waals surface area contributed by atoms with Crippen LogP contribution in [0.1, 0.15) is 20.3 Å². The number of hydrogen-bond donors (Lipinski definition) is 1. The molecule has 17 heteroatoms. The minimum absolute atomic E-state index is 0.0332. The minimum atomic E-state index is -5.02. The number of ether oxygens (including phenoxy) is 2. The summed E-state index contributed by atoms with van der Waals surface area (Å²) in [5, 5.41) is 3.53. The third kappa shape index (κ3) is 6.01. The van der Waals surface area contributed by atoms with Crippen LogP contribution in [0.4, 0.5) is 40.0 Å². The van der Waals surface area contributed by atoms with Gasteiger partial charge < -0.3 is 23.4 Å². The summed E-state index contributed by atoms with van der Waals surface area (Å²) in [6.07, 6.45) is -1.39. The molecule has 4 rings (SSSR count). The van der Waals surface area contributed by atoms with E-state index in [-0.39, 0.29) is 24.6 Å². The Balaban J connectivity index is 1.56. The van der Waals surface area contributed by atoms with Crippen molar-refractivity contribution in [2.45, 2.75) is 32.5 Å². The van der Waals surface area contributed by atoms with Crippen molar-refractivity contribution in [3.05, 3.63) is 48.1 Å². The van der Waals surface area contributed by atoms with Crippen molar-refractivity contribution in [2.75, 3.05) is 34.1 Å². The van der Waals surface area contributed by atoms with Crippen LogP contribution in [-0.2, 0) is 23.4 Å². The summed E-state index contributed by atoms with van der Waals surface area (Å²) in [4.78, 5) is 47.9. The third-order valence-electron chi connectivity index (χ3n) is 5.50. The maximum Gasteiger partial charge on any atom is 0.516 e. The molecule has 1 unspecified atom stereocenters. The first kappa shape index (κ1) is 28.0. The van der Waals surface area contributed by atoms with Gasteiger partial charge in [-0.1, -0.05) is 5.16 Å². The Bertz CT molecular complexity index is 1350. The van der Waals surface area contributed by atoms with Crippen molar-refractivity contribution in [2.24, 2.45) is 0 Å². The summed E-state index contributed by atoms with van der Waals surface area (Å²) in [5.41, 5.74) is -1.52. The summed E-state index contributed by atoms with van der Waals surface area (Å²) >= 11 is 0. The first-order valence-corrected chi connectivity index (χ1v) is 12.9. The second-order valence-electron chi connectivity index (χ2n) is 8.63. The van der Waals surface area contributed by atoms with Crippen molar-refractivity contribution in [1.82, 2.24) is 5.16 Å². The highest BCUT2D eigenvalue weighted by Gasteiger charge is 2.43. The van der Waals surface area contributed by atoms with Crippen LogP contribution in [0.2, 0.25) is 0 Å². The molecular formula is C22H22F3N4O9P. The van der Waals surface area contributed by atoms with E-state index in [1.54, 1.807) is 0 Å². The van der Waals surface area contributed by atoms with Crippen molar-refractivity contribution < 1.29 is 55.5 Å². The molecule has 0 saturated carbocycles. The number of aromatic nitrogens is 1. The number of ketones is 1. The van der Waals surface area contributed by atoms with Crippen LogP contribution in [-0.4, -0.2) is 59.9 Å². The molecule has 0 radical (unpaired) electrons. The molecular weight excluding hydrogens is 552 g/mol. The molecule has 210 valence electrons. The molecule has 2 aromatic rings. The lowest BCUT2D eigenvalue weighted by atomic mass is 10.1. The highest BCUT2D eigenvalue weighted by atomic mass is 31.2. The molecule has 3 heterocycles. The lowest BCUT2D eigenvalue weighted by molar-refractivity contribution is -0.114. The molecule has 1 fully saturated rings. The smallest absolute Gasteiger partial charge is 0.442 e. The van der Waals surface area contributed by atoms with Gasteiger partial charge in [0.25, 0.3) is 0 Å². The Morgan fingerprint density at radius 3 is 2.67 bits per heavy atom. The standard InChI is InChI=1S/C22H22F3N4O9P/c1-12(2)36-22(32)38-39(33,34)29(17-5-8-35-26-17)11-14-10-28(21(31)37-14)16-9-15(23)20(19(25)18(16)24)27-6-3-13(30)4-7-27/h3,5-6,8-9,12,14H,4,7,10-11H2,1-2H3,(H,33,34)/t14-/m1/s1. The fourth-order valence-corrected chi connectivity index (χ4v) is 4.90. The van der Waals surface area contributed by atoms with Crippen LogP contribution in [0.3, 0.4) is 0 Å². The molecule has 2 atom stereocenters. The molecule has 1 aromatic heterocycles. The number of benzene rings is 1. The van der Waals surface area contributed by atoms with Gasteiger partial charge in [-0.3, -0.25) is 14.6 Å². The van der Waals surface area contributed by atoms with Crippen LogP contribution in [0.15, 0.2) is 35.2 Å². The molecule has 13 nitrogen and oxygen atoms in total. The Hall–Kier alpha value is -4.04. The van der Waals surface area contributed by atoms with Gasteiger partial charge in [-0.15, -0.1) is 0 Å². The van der Waals surface area contributed by atoms with Gasteiger partial charge in [0.05, 0.1) is 24.9 Å². The van der Waals surface area contributed by atoms with Gasteiger partial charge in [-0.05, 0) is 19.9 Å². The lowest BCUT2D eigenvalue weighted by Crippen LogP contribution is -2.34. The molecule has 1 amide bonds. The van der Waals surface area contributed by atoms with E-state index in [1.807, 2.05) is 0 Å². The average molecular weight is 574 g/mol. The predicted molar refractivity (Wildman–Crippen MR) is 126 cm³/mol. The second-order valence-corrected chi connectivity index (χ2v) is 10.3. The normalized spacial score (nSPS) is 18.8. The number of halogens is 3. The number of allylic oxidation sites excluding steroid dienone is 1. The third-order valence-corrected chi connectivity index (χ3v) is 6.87. The SMILES string of the molecule is CC(C)OC(=O)OP(=O)(O)N(C[C@H]1CN(c2cc(F)c(N3C=CC(=O)CC3)c(F)c2F)C(=O)O1)c1ccon1. The molecule has 0 bridgehead atoms. The first-order chi connectivity index (χ1) is 18.4. The van der Waals surface area contributed by atoms with Crippen LogP contribution < -0.4 is 14.5 Å². The van der Waals surface area contributed by atoms with Crippen LogP contribution in [0, 0.1) is 17.5 Å². The molecule has 1 N–H and O–H groups in total. The first-order valence-electron chi connectivity index (χ1n) is 11.4. The van der Waals surface area contributed by atoms with E-state index in [9.17, 15) is 32.6 Å². The quantitative estimate of drug-likeness (QED) is 0.277. The van der Waals surface area contributed by atoms with Crippen molar-refractivity contribution >= 4 is 43.0 Å². The topological polar surface area (TPSA) is 152 Å². The van der Waals surface area contributed by atoms with Crippen molar-refractivity contribution in [1.29, 1.82) is 0 Å². The molecule has 2 aliphatic rings. The Labute approximate surface area is 218 Å². The van der Waals surface area contributed by atoms with E-state index in [2.05, 4.69) is 14.2 Å². The molecule has 0 spiro atoms. The van der Waals surface area contributed by atoms with Crippen LogP contribution >= 0.6 is 7.75 Å². The zero-order valence-corrected chi connectivity index (χ0v) is 21.3. The number of amides is 1. The molecule has 1 aromatic carbocycles. The Morgan fingerprint density at radius 2 is 2.05 bits per heavy atom. The highest BCUT2D eigenvalue weighted by Crippen LogP contribution is 2.49. The van der Waals surface area contributed by atoms with E-state index in [0.717, 1.165) is 29.5 Å². The summed E-state index contributed by atoms with van der Waals surface area (Å²) in [6.45, 7) is 1.73. The van der Waals surface area contributed by atoms with E-state index >= 15 is 4.39 Å². The largest absolute Gasteiger partial charge is 0.516 e. The average Bonchev–Trinajstić information content (AvgIpc) is 3.50. The van der Waals surface area contributed by atoms with Crippen molar-refractivity contribution in [3.63, 3.8) is 0 Å². The highest BCUT2D eigenvalue weighted by molar-refractivity contribution is 7.55. The van der Waals surface area contributed by atoms with Gasteiger partial charge in [0.2, 0.25) is 0 Å². The molecule has 1 saturated heterocycles. The zero-order valence-electron chi connectivity index (χ0n) is 20.5. The predicted octanol–water partition coefficient (Wildman–Crippen LogP) is 3.88. The van der Waals surface area contributed by atoms with Gasteiger partial charge in [-0.2, -0.15) is 0 Å². The number of cyclic esters (lactones) is 1. The maximum absolute atomic E-state index is 15.1. The second kappa shape index (κ2) is 11.0. The Kier molecular flexibility index (Phi) is 7.88. The molecule has 2 aliphatic heterocycles.